The number of likely N-dealkylation sites (tertiary alicyclic amines) is 1. The molecule has 2 aliphatic heterocycles. The fourth-order valence-electron chi connectivity index (χ4n) is 6.58. The van der Waals surface area contributed by atoms with Gasteiger partial charge in [0.25, 0.3) is 5.91 Å². The normalized spacial score (nSPS) is 23.2. The van der Waals surface area contributed by atoms with Crippen LogP contribution in [0.2, 0.25) is 0 Å². The van der Waals surface area contributed by atoms with E-state index in [1.165, 1.54) is 6.42 Å². The summed E-state index contributed by atoms with van der Waals surface area (Å²) in [6.45, 7) is 10.9. The molecule has 0 saturated carbocycles. The highest BCUT2D eigenvalue weighted by atomic mass is 16.5. The minimum Gasteiger partial charge on any atom is -0.497 e. The number of methoxy groups -OCH3 is 2. The minimum absolute atomic E-state index is 0.147. The molecule has 8 heteroatoms. The molecule has 0 aliphatic carbocycles. The standard InChI is InChI=1S/C32H42N4O4/c1-22-15-23(2)19-34(18-22)14-8-13-33-31(38)32(3)21-35-27-17-26(39-4)12-11-24(27)16-28(35)30(37)36(32)20-25-9-6-7-10-29(25)40-5/h6-7,9-12,16-17,22-23H,8,13-15,18-21H2,1-5H3,(H,33,38). The number of rotatable bonds is 9. The molecule has 40 heavy (non-hydrogen) atoms. The van der Waals surface area contributed by atoms with Crippen molar-refractivity contribution >= 4 is 22.7 Å². The summed E-state index contributed by atoms with van der Waals surface area (Å²) in [5.41, 5.74) is 1.20. The summed E-state index contributed by atoms with van der Waals surface area (Å²) < 4.78 is 13.0. The molecule has 5 rings (SSSR count). The van der Waals surface area contributed by atoms with E-state index in [1.54, 1.807) is 19.1 Å². The number of nitrogens with zero attached hydrogens (tertiary/aromatic N) is 3. The van der Waals surface area contributed by atoms with E-state index in [0.717, 1.165) is 42.5 Å². The van der Waals surface area contributed by atoms with Crippen molar-refractivity contribution in [1.82, 2.24) is 19.7 Å². The second-order valence-corrected chi connectivity index (χ2v) is 11.8. The van der Waals surface area contributed by atoms with E-state index in [4.69, 9.17) is 9.47 Å². The van der Waals surface area contributed by atoms with Crippen LogP contribution in [0.15, 0.2) is 48.5 Å². The van der Waals surface area contributed by atoms with Crippen molar-refractivity contribution in [2.24, 2.45) is 11.8 Å². The van der Waals surface area contributed by atoms with Gasteiger partial charge in [-0.2, -0.15) is 0 Å². The van der Waals surface area contributed by atoms with Crippen LogP contribution in [0, 0.1) is 11.8 Å². The molecule has 2 amide bonds. The van der Waals surface area contributed by atoms with Gasteiger partial charge in [0.2, 0.25) is 5.91 Å². The summed E-state index contributed by atoms with van der Waals surface area (Å²) in [7, 11) is 3.25. The SMILES string of the molecule is COc1ccc2cc3n(c2c1)CC(C)(C(=O)NCCCN1CC(C)CC(C)C1)N(Cc1ccccc1OC)C3=O. The summed E-state index contributed by atoms with van der Waals surface area (Å²) in [6, 6.07) is 15.3. The lowest BCUT2D eigenvalue weighted by Crippen LogP contribution is -2.63. The molecule has 8 nitrogen and oxygen atoms in total. The molecular weight excluding hydrogens is 504 g/mol. The van der Waals surface area contributed by atoms with Crippen LogP contribution in [0.4, 0.5) is 0 Å². The van der Waals surface area contributed by atoms with Crippen molar-refractivity contribution in [1.29, 1.82) is 0 Å². The first kappa shape index (κ1) is 28.0. The molecule has 1 fully saturated rings. The molecule has 2 aromatic carbocycles. The Bertz CT molecular complexity index is 1370. The maximum absolute atomic E-state index is 14.1. The van der Waals surface area contributed by atoms with Gasteiger partial charge in [0.15, 0.2) is 0 Å². The van der Waals surface area contributed by atoms with Gasteiger partial charge in [-0.1, -0.05) is 32.0 Å². The van der Waals surface area contributed by atoms with Gasteiger partial charge in [-0.25, -0.2) is 0 Å². The highest BCUT2D eigenvalue weighted by Gasteiger charge is 2.47. The number of carbonyl (C=O) groups is 2. The average molecular weight is 547 g/mol. The molecule has 0 bridgehead atoms. The Morgan fingerprint density at radius 1 is 1.05 bits per heavy atom. The van der Waals surface area contributed by atoms with Gasteiger partial charge in [-0.15, -0.1) is 0 Å². The molecule has 0 radical (unpaired) electrons. The van der Waals surface area contributed by atoms with E-state index in [9.17, 15) is 9.59 Å². The van der Waals surface area contributed by atoms with Gasteiger partial charge in [0, 0.05) is 36.7 Å². The number of piperidine rings is 1. The lowest BCUT2D eigenvalue weighted by molar-refractivity contribution is -0.133. The Labute approximate surface area is 237 Å². The van der Waals surface area contributed by atoms with Crippen LogP contribution in [0.25, 0.3) is 10.9 Å². The molecule has 1 saturated heterocycles. The summed E-state index contributed by atoms with van der Waals surface area (Å²) in [5, 5.41) is 4.13. The lowest BCUT2D eigenvalue weighted by atomic mass is 9.92. The zero-order valence-corrected chi connectivity index (χ0v) is 24.4. The number of benzene rings is 2. The van der Waals surface area contributed by atoms with Crippen LogP contribution in [0.5, 0.6) is 11.5 Å². The second kappa shape index (κ2) is 11.5. The van der Waals surface area contributed by atoms with E-state index in [1.807, 2.05) is 60.0 Å². The third-order valence-electron chi connectivity index (χ3n) is 8.53. The zero-order valence-electron chi connectivity index (χ0n) is 24.4. The summed E-state index contributed by atoms with van der Waals surface area (Å²) in [5.74, 6) is 2.49. The number of carbonyl (C=O) groups excluding carboxylic acids is 2. The van der Waals surface area contributed by atoms with Crippen molar-refractivity contribution in [2.45, 2.75) is 52.2 Å². The highest BCUT2D eigenvalue weighted by Crippen LogP contribution is 2.35. The maximum Gasteiger partial charge on any atom is 0.271 e. The first-order chi connectivity index (χ1) is 19.2. The Balaban J connectivity index is 1.41. The number of nitrogens with one attached hydrogen (secondary N) is 1. The molecule has 1 N–H and O–H groups in total. The van der Waals surface area contributed by atoms with Gasteiger partial charge >= 0.3 is 0 Å². The molecular formula is C32H42N4O4. The summed E-state index contributed by atoms with van der Waals surface area (Å²) in [6.07, 6.45) is 2.15. The monoisotopic (exact) mass is 546 g/mol. The number of ether oxygens (including phenoxy) is 2. The van der Waals surface area contributed by atoms with Crippen LogP contribution in [0.1, 0.15) is 49.7 Å². The molecule has 0 spiro atoms. The van der Waals surface area contributed by atoms with E-state index in [-0.39, 0.29) is 18.4 Å². The van der Waals surface area contributed by atoms with Gasteiger partial charge in [-0.3, -0.25) is 9.59 Å². The Kier molecular flexibility index (Phi) is 8.08. The molecule has 3 atom stereocenters. The van der Waals surface area contributed by atoms with E-state index >= 15 is 0 Å². The molecule has 1 aromatic heterocycles. The van der Waals surface area contributed by atoms with Crippen LogP contribution in [-0.2, 0) is 17.9 Å². The predicted molar refractivity (Wildman–Crippen MR) is 157 cm³/mol. The predicted octanol–water partition coefficient (Wildman–Crippen LogP) is 4.56. The Hall–Kier alpha value is -3.52. The number of fused-ring (bicyclic) bond motifs is 3. The Morgan fingerprint density at radius 3 is 2.52 bits per heavy atom. The lowest BCUT2D eigenvalue weighted by Gasteiger charge is -2.44. The van der Waals surface area contributed by atoms with Gasteiger partial charge in [-0.05, 0) is 62.4 Å². The number of amides is 2. The second-order valence-electron chi connectivity index (χ2n) is 11.8. The largest absolute Gasteiger partial charge is 0.497 e. The molecule has 3 unspecified atom stereocenters. The zero-order chi connectivity index (χ0) is 28.4. The summed E-state index contributed by atoms with van der Waals surface area (Å²) >= 11 is 0. The number of hydrogen-bond acceptors (Lipinski definition) is 5. The van der Waals surface area contributed by atoms with Crippen molar-refractivity contribution in [3.8, 4) is 11.5 Å². The first-order valence-corrected chi connectivity index (χ1v) is 14.3. The number of aromatic nitrogens is 1. The van der Waals surface area contributed by atoms with E-state index in [2.05, 4.69) is 24.1 Å². The van der Waals surface area contributed by atoms with Crippen molar-refractivity contribution < 1.29 is 19.1 Å². The van der Waals surface area contributed by atoms with Crippen molar-refractivity contribution in [3.05, 3.63) is 59.8 Å². The number of hydrogen-bond donors (Lipinski definition) is 1. The smallest absolute Gasteiger partial charge is 0.271 e. The minimum atomic E-state index is -1.10. The van der Waals surface area contributed by atoms with Crippen LogP contribution in [0.3, 0.4) is 0 Å². The van der Waals surface area contributed by atoms with Gasteiger partial charge < -0.3 is 29.2 Å². The quantitative estimate of drug-likeness (QED) is 0.399. The third-order valence-corrected chi connectivity index (χ3v) is 8.53. The van der Waals surface area contributed by atoms with Gasteiger partial charge in [0.05, 0.1) is 32.8 Å². The van der Waals surface area contributed by atoms with Gasteiger partial charge in [0.1, 0.15) is 22.7 Å². The first-order valence-electron chi connectivity index (χ1n) is 14.3. The fraction of sp³-hybridized carbons (Fsp3) is 0.500. The molecule has 214 valence electrons. The van der Waals surface area contributed by atoms with Crippen LogP contribution >= 0.6 is 0 Å². The fourth-order valence-corrected chi connectivity index (χ4v) is 6.58. The number of para-hydroxylation sites is 1. The van der Waals surface area contributed by atoms with Crippen molar-refractivity contribution in [3.63, 3.8) is 0 Å². The summed E-state index contributed by atoms with van der Waals surface area (Å²) in [4.78, 5) is 32.3. The van der Waals surface area contributed by atoms with Crippen molar-refractivity contribution in [2.75, 3.05) is 40.4 Å². The molecule has 3 heterocycles. The van der Waals surface area contributed by atoms with E-state index in [0.29, 0.717) is 42.1 Å². The average Bonchev–Trinajstić information content (AvgIpc) is 3.30. The third kappa shape index (κ3) is 5.42. The highest BCUT2D eigenvalue weighted by molar-refractivity contribution is 6.03. The Morgan fingerprint density at radius 2 is 1.80 bits per heavy atom. The molecule has 2 aliphatic rings. The van der Waals surface area contributed by atoms with E-state index < -0.39 is 5.54 Å². The topological polar surface area (TPSA) is 76.0 Å². The molecule has 3 aromatic rings. The van der Waals surface area contributed by atoms with Crippen LogP contribution < -0.4 is 14.8 Å². The van der Waals surface area contributed by atoms with Crippen LogP contribution in [-0.4, -0.2) is 72.1 Å². The maximum atomic E-state index is 14.1.